The van der Waals surface area contributed by atoms with Crippen molar-refractivity contribution in [2.24, 2.45) is 0 Å². The number of hydrogen-bond donors (Lipinski definition) is 2. The molecule has 3 nitrogen and oxygen atoms in total. The molecule has 0 aromatic heterocycles. The van der Waals surface area contributed by atoms with Crippen molar-refractivity contribution in [3.05, 3.63) is 35.4 Å². The second-order valence-corrected chi connectivity index (χ2v) is 5.07. The summed E-state index contributed by atoms with van der Waals surface area (Å²) in [6, 6.07) is 4.83. The zero-order chi connectivity index (χ0) is 14.8. The fourth-order valence-corrected chi connectivity index (χ4v) is 2.59. The minimum Gasteiger partial charge on any atom is -0.481 e. The van der Waals surface area contributed by atoms with Crippen LogP contribution in [0, 0.1) is 0 Å². The van der Waals surface area contributed by atoms with Crippen molar-refractivity contribution < 1.29 is 23.1 Å². The van der Waals surface area contributed by atoms with Crippen LogP contribution in [0.25, 0.3) is 0 Å². The first-order chi connectivity index (χ1) is 9.36. The first kappa shape index (κ1) is 14.8. The summed E-state index contributed by atoms with van der Waals surface area (Å²) in [6.07, 6.45) is -2.09. The van der Waals surface area contributed by atoms with Gasteiger partial charge in [0.2, 0.25) is 0 Å². The number of benzene rings is 1. The molecule has 2 N–H and O–H groups in total. The van der Waals surface area contributed by atoms with Gasteiger partial charge >= 0.3 is 12.1 Å². The van der Waals surface area contributed by atoms with Crippen LogP contribution in [0.15, 0.2) is 24.3 Å². The quantitative estimate of drug-likeness (QED) is 0.896. The molecule has 0 bridgehead atoms. The number of nitrogens with one attached hydrogen (secondary N) is 1. The van der Waals surface area contributed by atoms with Crippen molar-refractivity contribution in [1.82, 2.24) is 5.32 Å². The molecule has 110 valence electrons. The van der Waals surface area contributed by atoms with Crippen molar-refractivity contribution in [2.45, 2.75) is 43.9 Å². The third kappa shape index (κ3) is 3.72. The lowest BCUT2D eigenvalue weighted by Crippen LogP contribution is -2.38. The predicted octanol–water partition coefficient (Wildman–Crippen LogP) is 3.36. The molecular formula is C14H16F3NO2. The van der Waals surface area contributed by atoms with Gasteiger partial charge in [-0.2, -0.15) is 13.2 Å². The number of alkyl halides is 3. The van der Waals surface area contributed by atoms with E-state index in [4.69, 9.17) is 5.11 Å². The molecule has 0 radical (unpaired) electrons. The normalized spacial score (nSPS) is 23.6. The average Bonchev–Trinajstić information content (AvgIpc) is 2.37. The van der Waals surface area contributed by atoms with Gasteiger partial charge in [-0.3, -0.25) is 4.79 Å². The van der Waals surface area contributed by atoms with Crippen LogP contribution in [0.5, 0.6) is 0 Å². The van der Waals surface area contributed by atoms with Gasteiger partial charge in [-0.1, -0.05) is 12.1 Å². The molecule has 1 aliphatic heterocycles. The summed E-state index contributed by atoms with van der Waals surface area (Å²) >= 11 is 0. The maximum Gasteiger partial charge on any atom is 0.416 e. The minimum absolute atomic E-state index is 0.00450. The van der Waals surface area contributed by atoms with Gasteiger partial charge in [-0.05, 0) is 37.0 Å². The van der Waals surface area contributed by atoms with Crippen molar-refractivity contribution in [3.8, 4) is 0 Å². The molecule has 20 heavy (non-hydrogen) atoms. The van der Waals surface area contributed by atoms with Crippen molar-refractivity contribution in [3.63, 3.8) is 0 Å². The molecule has 2 atom stereocenters. The monoisotopic (exact) mass is 287 g/mol. The Labute approximate surface area is 114 Å². The van der Waals surface area contributed by atoms with Crippen LogP contribution in [0.1, 0.15) is 42.9 Å². The second-order valence-electron chi connectivity index (χ2n) is 5.07. The van der Waals surface area contributed by atoms with E-state index in [9.17, 15) is 18.0 Å². The third-order valence-corrected chi connectivity index (χ3v) is 3.52. The maximum absolute atomic E-state index is 12.7. The summed E-state index contributed by atoms with van der Waals surface area (Å²) < 4.78 is 38.1. The summed E-state index contributed by atoms with van der Waals surface area (Å²) in [4.78, 5) is 10.7. The number of aliphatic carboxylic acids is 1. The Kier molecular flexibility index (Phi) is 4.32. The van der Waals surface area contributed by atoms with E-state index in [1.54, 1.807) is 6.07 Å². The zero-order valence-corrected chi connectivity index (χ0v) is 10.8. The zero-order valence-electron chi connectivity index (χ0n) is 10.8. The molecule has 1 fully saturated rings. The molecule has 2 unspecified atom stereocenters. The summed E-state index contributed by atoms with van der Waals surface area (Å²) in [5, 5.41) is 11.9. The summed E-state index contributed by atoms with van der Waals surface area (Å²) in [6.45, 7) is 0. The molecule has 0 spiro atoms. The standard InChI is InChI=1S/C14H16F3NO2/c15-14(16,17)10-4-1-3-9(7-10)12-6-2-5-11(18-12)8-13(19)20/h1,3-4,7,11-12,18H,2,5-6,8H2,(H,19,20). The number of rotatable bonds is 3. The van der Waals surface area contributed by atoms with E-state index in [1.807, 2.05) is 0 Å². The third-order valence-electron chi connectivity index (χ3n) is 3.52. The van der Waals surface area contributed by atoms with Crippen LogP contribution < -0.4 is 5.32 Å². The molecular weight excluding hydrogens is 271 g/mol. The maximum atomic E-state index is 12.7. The van der Waals surface area contributed by atoms with Gasteiger partial charge in [-0.15, -0.1) is 0 Å². The Morgan fingerprint density at radius 1 is 1.35 bits per heavy atom. The number of carboxylic acids is 1. The Morgan fingerprint density at radius 3 is 2.75 bits per heavy atom. The molecule has 0 saturated carbocycles. The van der Waals surface area contributed by atoms with Gasteiger partial charge in [0.05, 0.1) is 12.0 Å². The number of carboxylic acid groups (broad SMARTS) is 1. The molecule has 1 aromatic rings. The smallest absolute Gasteiger partial charge is 0.416 e. The van der Waals surface area contributed by atoms with Crippen LogP contribution >= 0.6 is 0 Å². The SMILES string of the molecule is O=C(O)CC1CCCC(c2cccc(C(F)(F)F)c2)N1. The molecule has 2 rings (SSSR count). The summed E-state index contributed by atoms with van der Waals surface area (Å²) in [7, 11) is 0. The number of carbonyl (C=O) groups is 1. The molecule has 1 aromatic carbocycles. The molecule has 1 heterocycles. The second kappa shape index (κ2) is 5.83. The highest BCUT2D eigenvalue weighted by atomic mass is 19.4. The molecule has 0 aliphatic carbocycles. The molecule has 0 amide bonds. The number of hydrogen-bond acceptors (Lipinski definition) is 2. The van der Waals surface area contributed by atoms with E-state index in [2.05, 4.69) is 5.32 Å². The lowest BCUT2D eigenvalue weighted by molar-refractivity contribution is -0.138. The van der Waals surface area contributed by atoms with Gasteiger partial charge in [0.15, 0.2) is 0 Å². The van der Waals surface area contributed by atoms with Crippen molar-refractivity contribution in [1.29, 1.82) is 0 Å². The highest BCUT2D eigenvalue weighted by molar-refractivity contribution is 5.67. The minimum atomic E-state index is -4.36. The molecule has 1 saturated heterocycles. The highest BCUT2D eigenvalue weighted by Gasteiger charge is 2.31. The number of piperidine rings is 1. The van der Waals surface area contributed by atoms with Crippen molar-refractivity contribution >= 4 is 5.97 Å². The fraction of sp³-hybridized carbons (Fsp3) is 0.500. The van der Waals surface area contributed by atoms with Crippen LogP contribution in [-0.4, -0.2) is 17.1 Å². The van der Waals surface area contributed by atoms with Crippen molar-refractivity contribution in [2.75, 3.05) is 0 Å². The fourth-order valence-electron chi connectivity index (χ4n) is 2.59. The topological polar surface area (TPSA) is 49.3 Å². The van der Waals surface area contributed by atoms with Crippen LogP contribution in [0.3, 0.4) is 0 Å². The van der Waals surface area contributed by atoms with Gasteiger partial charge in [0.25, 0.3) is 0 Å². The van der Waals surface area contributed by atoms with Gasteiger partial charge in [0, 0.05) is 12.1 Å². The van der Waals surface area contributed by atoms with Gasteiger partial charge < -0.3 is 10.4 Å². The first-order valence-corrected chi connectivity index (χ1v) is 6.51. The summed E-state index contributed by atoms with van der Waals surface area (Å²) in [5.41, 5.74) is -0.105. The Balaban J connectivity index is 2.13. The van der Waals surface area contributed by atoms with Crippen LogP contribution in [-0.2, 0) is 11.0 Å². The molecule has 6 heteroatoms. The Morgan fingerprint density at radius 2 is 2.10 bits per heavy atom. The molecule has 1 aliphatic rings. The Bertz CT molecular complexity index is 488. The van der Waals surface area contributed by atoms with E-state index in [0.29, 0.717) is 5.56 Å². The van der Waals surface area contributed by atoms with Gasteiger partial charge in [-0.25, -0.2) is 0 Å². The van der Waals surface area contributed by atoms with E-state index in [1.165, 1.54) is 6.07 Å². The lowest BCUT2D eigenvalue weighted by Gasteiger charge is -2.30. The summed E-state index contributed by atoms with van der Waals surface area (Å²) in [5.74, 6) is -0.896. The van der Waals surface area contributed by atoms with E-state index in [0.717, 1.165) is 31.4 Å². The average molecular weight is 287 g/mol. The van der Waals surface area contributed by atoms with E-state index >= 15 is 0 Å². The van der Waals surface area contributed by atoms with Gasteiger partial charge in [0.1, 0.15) is 0 Å². The lowest BCUT2D eigenvalue weighted by atomic mass is 9.91. The van der Waals surface area contributed by atoms with E-state index < -0.39 is 17.7 Å². The van der Waals surface area contributed by atoms with E-state index in [-0.39, 0.29) is 18.5 Å². The van der Waals surface area contributed by atoms with Crippen LogP contribution in [0.2, 0.25) is 0 Å². The largest absolute Gasteiger partial charge is 0.481 e. The predicted molar refractivity (Wildman–Crippen MR) is 67.2 cm³/mol. The Hall–Kier alpha value is -1.56. The highest BCUT2D eigenvalue weighted by Crippen LogP contribution is 2.33. The van der Waals surface area contributed by atoms with Crippen LogP contribution in [0.4, 0.5) is 13.2 Å². The number of halogens is 3. The first-order valence-electron chi connectivity index (χ1n) is 6.51.